The van der Waals surface area contributed by atoms with Gasteiger partial charge in [0.25, 0.3) is 5.91 Å². The fraction of sp³-hybridized carbons (Fsp3) is 0.130. The Hall–Kier alpha value is -3.33. The van der Waals surface area contributed by atoms with Gasteiger partial charge in [0.15, 0.2) is 5.13 Å². The predicted molar refractivity (Wildman–Crippen MR) is 124 cm³/mol. The van der Waals surface area contributed by atoms with Crippen LogP contribution in [-0.4, -0.2) is 37.5 Å². The van der Waals surface area contributed by atoms with Gasteiger partial charge in [-0.2, -0.15) is 0 Å². The lowest BCUT2D eigenvalue weighted by molar-refractivity contribution is 0.0615. The van der Waals surface area contributed by atoms with Crippen LogP contribution in [0.4, 0.5) is 11.1 Å². The number of hydrogen-bond donors (Lipinski definition) is 2. The predicted octanol–water partition coefficient (Wildman–Crippen LogP) is 4.69. The van der Waals surface area contributed by atoms with Gasteiger partial charge in [-0.1, -0.05) is 35.9 Å². The van der Waals surface area contributed by atoms with Gasteiger partial charge < -0.3 is 15.3 Å². The van der Waals surface area contributed by atoms with Crippen LogP contribution in [0.5, 0.6) is 0 Å². The molecular formula is C23H18ClN5O2S. The van der Waals surface area contributed by atoms with Crippen molar-refractivity contribution < 1.29 is 9.90 Å². The zero-order chi connectivity index (χ0) is 22.1. The quantitative estimate of drug-likeness (QED) is 0.431. The summed E-state index contributed by atoms with van der Waals surface area (Å²) < 4.78 is 0. The third-order valence-electron chi connectivity index (χ3n) is 5.33. The molecule has 2 aromatic heterocycles. The zero-order valence-corrected chi connectivity index (χ0v) is 18.3. The van der Waals surface area contributed by atoms with Gasteiger partial charge >= 0.3 is 0 Å². The summed E-state index contributed by atoms with van der Waals surface area (Å²) in [5.74, 6) is 0.309. The zero-order valence-electron chi connectivity index (χ0n) is 16.8. The van der Waals surface area contributed by atoms with E-state index in [1.807, 2.05) is 35.7 Å². The van der Waals surface area contributed by atoms with E-state index in [1.54, 1.807) is 35.5 Å². The number of carbonyl (C=O) groups is 1. The van der Waals surface area contributed by atoms with Crippen LogP contribution >= 0.6 is 22.9 Å². The monoisotopic (exact) mass is 463 g/mol. The highest BCUT2D eigenvalue weighted by atomic mass is 35.5. The number of benzene rings is 2. The van der Waals surface area contributed by atoms with E-state index >= 15 is 0 Å². The van der Waals surface area contributed by atoms with E-state index < -0.39 is 6.04 Å². The van der Waals surface area contributed by atoms with Crippen molar-refractivity contribution in [3.8, 4) is 11.3 Å². The van der Waals surface area contributed by atoms with Crippen molar-refractivity contribution in [3.05, 3.63) is 88.0 Å². The second kappa shape index (κ2) is 8.66. The molecule has 1 unspecified atom stereocenters. The number of anilines is 2. The molecule has 9 heteroatoms. The van der Waals surface area contributed by atoms with Gasteiger partial charge in [0.05, 0.1) is 18.3 Å². The van der Waals surface area contributed by atoms with E-state index in [2.05, 4.69) is 20.3 Å². The number of rotatable bonds is 6. The highest BCUT2D eigenvalue weighted by molar-refractivity contribution is 7.13. The van der Waals surface area contributed by atoms with Crippen molar-refractivity contribution in [2.24, 2.45) is 0 Å². The second-order valence-electron chi connectivity index (χ2n) is 7.29. The Kier molecular flexibility index (Phi) is 5.57. The summed E-state index contributed by atoms with van der Waals surface area (Å²) in [4.78, 5) is 27.9. The lowest BCUT2D eigenvalue weighted by atomic mass is 10.0. The SMILES string of the molecule is O=C1c2cc(-c3ccnc(Nc4nccs4)n3)ccc2CN1C(CO)c1cccc(Cl)c1. The molecule has 0 fully saturated rings. The van der Waals surface area contributed by atoms with Gasteiger partial charge in [0.1, 0.15) is 0 Å². The van der Waals surface area contributed by atoms with E-state index in [1.165, 1.54) is 11.3 Å². The molecule has 4 aromatic rings. The van der Waals surface area contributed by atoms with E-state index in [4.69, 9.17) is 11.6 Å². The largest absolute Gasteiger partial charge is 0.394 e. The first kappa shape index (κ1) is 20.6. The molecule has 0 saturated heterocycles. The van der Waals surface area contributed by atoms with Crippen LogP contribution in [-0.2, 0) is 6.54 Å². The van der Waals surface area contributed by atoms with E-state index in [-0.39, 0.29) is 12.5 Å². The van der Waals surface area contributed by atoms with Crippen molar-refractivity contribution >= 4 is 39.9 Å². The molecule has 1 aliphatic heterocycles. The van der Waals surface area contributed by atoms with Gasteiger partial charge in [-0.05, 0) is 35.4 Å². The molecule has 3 heterocycles. The van der Waals surface area contributed by atoms with Gasteiger partial charge in [-0.25, -0.2) is 15.0 Å². The molecular weight excluding hydrogens is 446 g/mol. The van der Waals surface area contributed by atoms with Crippen molar-refractivity contribution in [2.75, 3.05) is 11.9 Å². The van der Waals surface area contributed by atoms with Gasteiger partial charge in [0, 0.05) is 40.5 Å². The highest BCUT2D eigenvalue weighted by Crippen LogP contribution is 2.34. The molecule has 1 atom stereocenters. The summed E-state index contributed by atoms with van der Waals surface area (Å²) in [6, 6.07) is 14.3. The molecule has 0 radical (unpaired) electrons. The van der Waals surface area contributed by atoms with Gasteiger partial charge in [-0.15, -0.1) is 11.3 Å². The lowest BCUT2D eigenvalue weighted by Crippen LogP contribution is -2.31. The summed E-state index contributed by atoms with van der Waals surface area (Å²) in [7, 11) is 0. The highest BCUT2D eigenvalue weighted by Gasteiger charge is 2.33. The Bertz CT molecular complexity index is 1280. The minimum atomic E-state index is -0.467. The molecule has 32 heavy (non-hydrogen) atoms. The number of nitrogens with zero attached hydrogens (tertiary/aromatic N) is 4. The first-order valence-corrected chi connectivity index (χ1v) is 11.2. The summed E-state index contributed by atoms with van der Waals surface area (Å²) in [6.07, 6.45) is 3.37. The fourth-order valence-corrected chi connectivity index (χ4v) is 4.51. The van der Waals surface area contributed by atoms with Crippen LogP contribution in [0, 0.1) is 0 Å². The van der Waals surface area contributed by atoms with Crippen LogP contribution in [0.2, 0.25) is 5.02 Å². The molecule has 0 saturated carbocycles. The van der Waals surface area contributed by atoms with Crippen LogP contribution in [0.25, 0.3) is 11.3 Å². The molecule has 0 bridgehead atoms. The van der Waals surface area contributed by atoms with Crippen LogP contribution in [0.15, 0.2) is 66.3 Å². The van der Waals surface area contributed by atoms with Crippen molar-refractivity contribution in [2.45, 2.75) is 12.6 Å². The number of carbonyl (C=O) groups excluding carboxylic acids is 1. The number of thiazole rings is 1. The summed E-state index contributed by atoms with van der Waals surface area (Å²) in [5, 5.41) is 16.3. The molecule has 5 rings (SSSR count). The number of hydrogen-bond acceptors (Lipinski definition) is 7. The number of nitrogens with one attached hydrogen (secondary N) is 1. The maximum atomic E-state index is 13.2. The smallest absolute Gasteiger partial charge is 0.255 e. The van der Waals surface area contributed by atoms with Gasteiger partial charge in [0.2, 0.25) is 5.95 Å². The third-order valence-corrected chi connectivity index (χ3v) is 6.25. The van der Waals surface area contributed by atoms with E-state index in [9.17, 15) is 9.90 Å². The van der Waals surface area contributed by atoms with Crippen molar-refractivity contribution in [1.29, 1.82) is 0 Å². The average molecular weight is 464 g/mol. The number of aliphatic hydroxyl groups is 1. The minimum Gasteiger partial charge on any atom is -0.394 e. The number of halogens is 1. The maximum absolute atomic E-state index is 13.2. The van der Waals surface area contributed by atoms with Crippen LogP contribution < -0.4 is 5.32 Å². The average Bonchev–Trinajstić information content (AvgIpc) is 3.43. The standard InChI is InChI=1S/C23H18ClN5O2S/c24-17-3-1-2-15(10-17)20(13-30)29-12-16-5-4-14(11-18(16)21(29)31)19-6-7-25-22(27-19)28-23-26-8-9-32-23/h1-11,20,30H,12-13H2,(H,25,26,27,28). The van der Waals surface area contributed by atoms with Crippen molar-refractivity contribution in [1.82, 2.24) is 19.9 Å². The van der Waals surface area contributed by atoms with Crippen molar-refractivity contribution in [3.63, 3.8) is 0 Å². The second-order valence-corrected chi connectivity index (χ2v) is 8.62. The summed E-state index contributed by atoms with van der Waals surface area (Å²) in [5.41, 5.74) is 3.83. The number of aliphatic hydroxyl groups excluding tert-OH is 1. The Balaban J connectivity index is 1.42. The molecule has 7 nitrogen and oxygen atoms in total. The Morgan fingerprint density at radius 3 is 2.84 bits per heavy atom. The molecule has 2 aromatic carbocycles. The normalized spacial score (nSPS) is 13.8. The minimum absolute atomic E-state index is 0.129. The summed E-state index contributed by atoms with van der Waals surface area (Å²) >= 11 is 7.58. The Labute approximate surface area is 193 Å². The molecule has 1 amide bonds. The first-order valence-electron chi connectivity index (χ1n) is 9.92. The first-order chi connectivity index (χ1) is 15.6. The number of amides is 1. The summed E-state index contributed by atoms with van der Waals surface area (Å²) in [6.45, 7) is 0.234. The number of aromatic nitrogens is 3. The molecule has 2 N–H and O–H groups in total. The topological polar surface area (TPSA) is 91.2 Å². The Morgan fingerprint density at radius 1 is 1.16 bits per heavy atom. The fourth-order valence-electron chi connectivity index (χ4n) is 3.79. The molecule has 0 aliphatic carbocycles. The van der Waals surface area contributed by atoms with Crippen LogP contribution in [0.1, 0.15) is 27.5 Å². The molecule has 1 aliphatic rings. The molecule has 160 valence electrons. The van der Waals surface area contributed by atoms with E-state index in [0.29, 0.717) is 33.9 Å². The Morgan fingerprint density at radius 2 is 2.06 bits per heavy atom. The molecule has 0 spiro atoms. The maximum Gasteiger partial charge on any atom is 0.255 e. The number of fused-ring (bicyclic) bond motifs is 1. The van der Waals surface area contributed by atoms with Gasteiger partial charge in [-0.3, -0.25) is 4.79 Å². The van der Waals surface area contributed by atoms with Crippen LogP contribution in [0.3, 0.4) is 0 Å². The van der Waals surface area contributed by atoms with E-state index in [0.717, 1.165) is 16.7 Å². The lowest BCUT2D eigenvalue weighted by Gasteiger charge is -2.26. The third kappa shape index (κ3) is 3.95.